The molecule has 0 aliphatic carbocycles. The van der Waals surface area contributed by atoms with Gasteiger partial charge >= 0.3 is 0 Å². The molecule has 0 saturated carbocycles. The van der Waals surface area contributed by atoms with Crippen LogP contribution in [0.4, 0.5) is 21.8 Å². The number of ether oxygens (including phenoxy) is 1. The molecular weight excluding hydrogens is 465 g/mol. The number of aromatic nitrogens is 5. The summed E-state index contributed by atoms with van der Waals surface area (Å²) in [5.41, 5.74) is 7.33. The number of oxazole rings is 1. The van der Waals surface area contributed by atoms with E-state index in [1.54, 1.807) is 0 Å². The number of piperazine rings is 1. The lowest BCUT2D eigenvalue weighted by molar-refractivity contribution is 0.263. The summed E-state index contributed by atoms with van der Waals surface area (Å²) in [5, 5.41) is 4.33. The van der Waals surface area contributed by atoms with Crippen LogP contribution in [-0.2, 0) is 0 Å². The van der Waals surface area contributed by atoms with Crippen LogP contribution in [0.2, 0.25) is 0 Å². The van der Waals surface area contributed by atoms with E-state index >= 15 is 0 Å². The molecule has 1 aliphatic rings. The average Bonchev–Trinajstić information content (AvgIpc) is 3.57. The normalized spacial score (nSPS) is 14.5. The number of hydrogen-bond donors (Lipinski definition) is 1. The summed E-state index contributed by atoms with van der Waals surface area (Å²) in [4.78, 5) is 19.5. The third kappa shape index (κ3) is 5.03. The van der Waals surface area contributed by atoms with Gasteiger partial charge in [0.15, 0.2) is 5.65 Å². The lowest BCUT2D eigenvalue weighted by Gasteiger charge is -2.37. The zero-order chi connectivity index (χ0) is 25.1. The number of fused-ring (bicyclic) bond motifs is 1. The SMILES string of the molecule is CCCOc1ccc(N2CCN(CCN(C)c3cc4nc(-c5ncco5)nn4c(N)n3)CC2)c(F)c1. The highest BCUT2D eigenvalue weighted by Gasteiger charge is 2.21. The van der Waals surface area contributed by atoms with Gasteiger partial charge in [-0.2, -0.15) is 9.50 Å². The fourth-order valence-corrected chi connectivity index (χ4v) is 4.19. The largest absolute Gasteiger partial charge is 0.493 e. The van der Waals surface area contributed by atoms with E-state index in [1.807, 2.05) is 37.1 Å². The highest BCUT2D eigenvalue weighted by Crippen LogP contribution is 2.25. The fraction of sp³-hybridized carbons (Fsp3) is 0.417. The van der Waals surface area contributed by atoms with Crippen molar-refractivity contribution in [1.29, 1.82) is 0 Å². The van der Waals surface area contributed by atoms with Crippen LogP contribution in [0.25, 0.3) is 17.4 Å². The van der Waals surface area contributed by atoms with E-state index in [0.717, 1.165) is 45.7 Å². The molecule has 11 nitrogen and oxygen atoms in total. The molecule has 0 spiro atoms. The van der Waals surface area contributed by atoms with Gasteiger partial charge < -0.3 is 24.7 Å². The molecule has 1 aliphatic heterocycles. The maximum absolute atomic E-state index is 14.6. The van der Waals surface area contributed by atoms with Crippen LogP contribution < -0.4 is 20.3 Å². The number of nitrogen functional groups attached to an aromatic ring is 1. The van der Waals surface area contributed by atoms with Crippen LogP contribution in [0.5, 0.6) is 5.75 Å². The Labute approximate surface area is 208 Å². The standard InChI is InChI=1S/C24H30FN9O2/c1-3-13-35-17-4-5-19(18(25)15-17)33-11-9-32(10-12-33)8-7-31(2)20-16-21-28-22(23-27-6-14-36-23)30-34(21)24(26)29-20/h4-6,14-16H,3,7-13H2,1-2H3,(H2,26,29). The first-order chi connectivity index (χ1) is 17.5. The zero-order valence-electron chi connectivity index (χ0n) is 20.5. The summed E-state index contributed by atoms with van der Waals surface area (Å²) in [6.07, 6.45) is 3.90. The Morgan fingerprint density at radius 3 is 2.72 bits per heavy atom. The smallest absolute Gasteiger partial charge is 0.266 e. The Hall–Kier alpha value is -3.93. The third-order valence-electron chi connectivity index (χ3n) is 6.21. The lowest BCUT2D eigenvalue weighted by atomic mass is 10.2. The molecule has 4 heterocycles. The van der Waals surface area contributed by atoms with E-state index in [4.69, 9.17) is 14.9 Å². The number of halogens is 1. The molecule has 1 saturated heterocycles. The quantitative estimate of drug-likeness (QED) is 0.372. The van der Waals surface area contributed by atoms with E-state index in [2.05, 4.69) is 29.9 Å². The van der Waals surface area contributed by atoms with Crippen LogP contribution in [0, 0.1) is 5.82 Å². The molecule has 0 amide bonds. The molecule has 36 heavy (non-hydrogen) atoms. The first-order valence-electron chi connectivity index (χ1n) is 12.1. The molecule has 0 unspecified atom stereocenters. The van der Waals surface area contributed by atoms with Gasteiger partial charge in [-0.25, -0.2) is 14.4 Å². The Morgan fingerprint density at radius 1 is 1.17 bits per heavy atom. The van der Waals surface area contributed by atoms with Gasteiger partial charge in [-0.15, -0.1) is 5.10 Å². The molecular formula is C24H30FN9O2. The number of nitrogens with two attached hydrogens (primary N) is 1. The second kappa shape index (κ2) is 10.4. The van der Waals surface area contributed by atoms with E-state index in [9.17, 15) is 4.39 Å². The second-order valence-corrected chi connectivity index (χ2v) is 8.73. The lowest BCUT2D eigenvalue weighted by Crippen LogP contribution is -2.48. The van der Waals surface area contributed by atoms with Crippen molar-refractivity contribution in [3.8, 4) is 17.5 Å². The summed E-state index contributed by atoms with van der Waals surface area (Å²) >= 11 is 0. The van der Waals surface area contributed by atoms with Crippen molar-refractivity contribution in [3.63, 3.8) is 0 Å². The number of benzene rings is 1. The molecule has 190 valence electrons. The maximum Gasteiger partial charge on any atom is 0.266 e. The van der Waals surface area contributed by atoms with Crippen LogP contribution in [0.15, 0.2) is 41.1 Å². The molecule has 0 atom stereocenters. The highest BCUT2D eigenvalue weighted by atomic mass is 19.1. The van der Waals surface area contributed by atoms with Gasteiger partial charge in [0.05, 0.1) is 18.5 Å². The predicted octanol–water partition coefficient (Wildman–Crippen LogP) is 2.55. The van der Waals surface area contributed by atoms with E-state index in [0.29, 0.717) is 41.2 Å². The molecule has 1 fully saturated rings. The number of rotatable bonds is 9. The van der Waals surface area contributed by atoms with Crippen molar-refractivity contribution in [3.05, 3.63) is 42.5 Å². The topological polar surface area (TPSA) is 114 Å². The van der Waals surface area contributed by atoms with Crippen molar-refractivity contribution < 1.29 is 13.5 Å². The van der Waals surface area contributed by atoms with Crippen molar-refractivity contribution in [2.45, 2.75) is 13.3 Å². The summed E-state index contributed by atoms with van der Waals surface area (Å²) < 4.78 is 26.9. The Bertz CT molecular complexity index is 1300. The summed E-state index contributed by atoms with van der Waals surface area (Å²) in [7, 11) is 1.97. The number of hydrogen-bond acceptors (Lipinski definition) is 10. The van der Waals surface area contributed by atoms with Crippen LogP contribution >= 0.6 is 0 Å². The summed E-state index contributed by atoms with van der Waals surface area (Å²) in [6, 6.07) is 6.97. The number of likely N-dealkylation sites (N-methyl/N-ethyl adjacent to an activating group) is 1. The molecule has 1 aromatic carbocycles. The first kappa shape index (κ1) is 23.8. The summed E-state index contributed by atoms with van der Waals surface area (Å²) in [5.74, 6) is 1.96. The molecule has 0 bridgehead atoms. The molecule has 0 radical (unpaired) electrons. The van der Waals surface area contributed by atoms with Gasteiger partial charge in [-0.1, -0.05) is 6.92 Å². The average molecular weight is 496 g/mol. The van der Waals surface area contributed by atoms with Crippen molar-refractivity contribution in [1.82, 2.24) is 29.5 Å². The number of anilines is 3. The fourth-order valence-electron chi connectivity index (χ4n) is 4.19. The molecule has 3 aromatic heterocycles. The Balaban J connectivity index is 1.16. The van der Waals surface area contributed by atoms with E-state index in [-0.39, 0.29) is 11.8 Å². The van der Waals surface area contributed by atoms with Gasteiger partial charge in [-0.05, 0) is 18.6 Å². The molecule has 4 aromatic rings. The third-order valence-corrected chi connectivity index (χ3v) is 6.21. The van der Waals surface area contributed by atoms with Crippen LogP contribution in [-0.4, -0.2) is 82.4 Å². The van der Waals surface area contributed by atoms with Crippen molar-refractivity contribution in [2.24, 2.45) is 0 Å². The van der Waals surface area contributed by atoms with Gasteiger partial charge in [-0.3, -0.25) is 4.90 Å². The zero-order valence-corrected chi connectivity index (χ0v) is 20.5. The molecule has 5 rings (SSSR count). The minimum Gasteiger partial charge on any atom is -0.493 e. The van der Waals surface area contributed by atoms with Crippen LogP contribution in [0.1, 0.15) is 13.3 Å². The second-order valence-electron chi connectivity index (χ2n) is 8.73. The summed E-state index contributed by atoms with van der Waals surface area (Å²) in [6.45, 7) is 7.43. The van der Waals surface area contributed by atoms with Crippen molar-refractivity contribution in [2.75, 3.05) is 68.5 Å². The van der Waals surface area contributed by atoms with E-state index in [1.165, 1.54) is 23.0 Å². The number of nitrogens with zero attached hydrogens (tertiary/aromatic N) is 8. The minimum atomic E-state index is -0.240. The minimum absolute atomic E-state index is 0.237. The van der Waals surface area contributed by atoms with E-state index < -0.39 is 0 Å². The van der Waals surface area contributed by atoms with Gasteiger partial charge in [0.25, 0.3) is 5.89 Å². The predicted molar refractivity (Wildman–Crippen MR) is 135 cm³/mol. The molecule has 12 heteroatoms. The van der Waals surface area contributed by atoms with Crippen molar-refractivity contribution >= 4 is 23.1 Å². The monoisotopic (exact) mass is 495 g/mol. The Morgan fingerprint density at radius 2 is 2.00 bits per heavy atom. The maximum atomic E-state index is 14.6. The highest BCUT2D eigenvalue weighted by molar-refractivity contribution is 5.58. The van der Waals surface area contributed by atoms with Gasteiger partial charge in [0, 0.05) is 58.4 Å². The van der Waals surface area contributed by atoms with Gasteiger partial charge in [0.2, 0.25) is 11.8 Å². The first-order valence-corrected chi connectivity index (χ1v) is 12.1. The molecule has 2 N–H and O–H groups in total. The van der Waals surface area contributed by atoms with Crippen LogP contribution in [0.3, 0.4) is 0 Å². The van der Waals surface area contributed by atoms with Gasteiger partial charge in [0.1, 0.15) is 23.6 Å². The Kier molecular flexibility index (Phi) is 6.85.